The molecular formula is C10H10F2O2. The van der Waals surface area contributed by atoms with E-state index in [-0.39, 0.29) is 5.56 Å². The number of benzene rings is 1. The molecule has 1 rings (SSSR count). The monoisotopic (exact) mass is 200 g/mol. The van der Waals surface area contributed by atoms with Crippen LogP contribution in [0.25, 0.3) is 0 Å². The molecule has 2 nitrogen and oxygen atoms in total. The van der Waals surface area contributed by atoms with Crippen LogP contribution in [0, 0.1) is 5.82 Å². The molecule has 0 radical (unpaired) electrons. The Kier molecular flexibility index (Phi) is 3.17. The van der Waals surface area contributed by atoms with Gasteiger partial charge in [0.05, 0.1) is 0 Å². The van der Waals surface area contributed by atoms with Crippen LogP contribution >= 0.6 is 0 Å². The van der Waals surface area contributed by atoms with Crippen LogP contribution < -0.4 is 0 Å². The van der Waals surface area contributed by atoms with Gasteiger partial charge in [-0.25, -0.2) is 8.78 Å². The van der Waals surface area contributed by atoms with Gasteiger partial charge in [0.2, 0.25) is 0 Å². The minimum absolute atomic E-state index is 0.146. The lowest BCUT2D eigenvalue weighted by Crippen LogP contribution is -2.20. The van der Waals surface area contributed by atoms with Gasteiger partial charge in [-0.3, -0.25) is 4.79 Å². The molecule has 1 aromatic rings. The van der Waals surface area contributed by atoms with Gasteiger partial charge in [0, 0.05) is 0 Å². The van der Waals surface area contributed by atoms with Gasteiger partial charge < -0.3 is 5.11 Å². The van der Waals surface area contributed by atoms with Crippen molar-refractivity contribution in [2.24, 2.45) is 0 Å². The first kappa shape index (κ1) is 10.6. The lowest BCUT2D eigenvalue weighted by Gasteiger charge is -2.13. The summed E-state index contributed by atoms with van der Waals surface area (Å²) in [6.07, 6.45) is -1.55. The zero-order valence-electron chi connectivity index (χ0n) is 7.58. The summed E-state index contributed by atoms with van der Waals surface area (Å²) >= 11 is 0. The van der Waals surface area contributed by atoms with Crippen molar-refractivity contribution in [2.75, 3.05) is 0 Å². The van der Waals surface area contributed by atoms with Crippen LogP contribution in [-0.2, 0) is 4.79 Å². The Morgan fingerprint density at radius 2 is 2.14 bits per heavy atom. The van der Waals surface area contributed by atoms with Crippen LogP contribution in [0.1, 0.15) is 18.4 Å². The second kappa shape index (κ2) is 4.17. The Morgan fingerprint density at radius 3 is 2.57 bits per heavy atom. The van der Waals surface area contributed by atoms with Gasteiger partial charge in [-0.2, -0.15) is 0 Å². The maximum Gasteiger partial charge on any atom is 0.313 e. The first-order valence-corrected chi connectivity index (χ1v) is 4.14. The van der Waals surface area contributed by atoms with Crippen molar-refractivity contribution >= 4 is 5.97 Å². The van der Waals surface area contributed by atoms with Gasteiger partial charge >= 0.3 is 5.97 Å². The number of hydrogen-bond acceptors (Lipinski definition) is 1. The molecule has 0 saturated heterocycles. The summed E-state index contributed by atoms with van der Waals surface area (Å²) < 4.78 is 25.7. The highest BCUT2D eigenvalue weighted by Gasteiger charge is 2.26. The van der Waals surface area contributed by atoms with Gasteiger partial charge in [-0.1, -0.05) is 12.1 Å². The predicted octanol–water partition coefficient (Wildman–Crippen LogP) is 2.35. The summed E-state index contributed by atoms with van der Waals surface area (Å²) in [5.74, 6) is -3.15. The largest absolute Gasteiger partial charge is 0.481 e. The molecule has 0 amide bonds. The van der Waals surface area contributed by atoms with Crippen molar-refractivity contribution < 1.29 is 18.7 Å². The fraction of sp³-hybridized carbons (Fsp3) is 0.300. The van der Waals surface area contributed by atoms with Gasteiger partial charge in [-0.05, 0) is 24.6 Å². The van der Waals surface area contributed by atoms with E-state index in [9.17, 15) is 13.6 Å². The van der Waals surface area contributed by atoms with Crippen molar-refractivity contribution in [1.29, 1.82) is 0 Å². The maximum absolute atomic E-state index is 12.9. The van der Waals surface area contributed by atoms with E-state index in [2.05, 4.69) is 0 Å². The van der Waals surface area contributed by atoms with Crippen molar-refractivity contribution in [1.82, 2.24) is 0 Å². The van der Waals surface area contributed by atoms with Gasteiger partial charge in [0.15, 0.2) is 0 Å². The number of halogens is 2. The quantitative estimate of drug-likeness (QED) is 0.813. The Hall–Kier alpha value is -1.45. The standard InChI is InChI=1S/C10H10F2O2/c1-6(11)9(10(13)14)7-3-2-4-8(12)5-7/h2-6,9H,1H3,(H,13,14). The Bertz CT molecular complexity index is 337. The highest BCUT2D eigenvalue weighted by Crippen LogP contribution is 2.22. The highest BCUT2D eigenvalue weighted by molar-refractivity contribution is 5.76. The molecule has 0 fully saturated rings. The van der Waals surface area contributed by atoms with Crippen LogP contribution in [-0.4, -0.2) is 17.2 Å². The summed E-state index contributed by atoms with van der Waals surface area (Å²) in [5, 5.41) is 8.73. The van der Waals surface area contributed by atoms with E-state index in [1.165, 1.54) is 18.2 Å². The average Bonchev–Trinajstić information content (AvgIpc) is 2.02. The van der Waals surface area contributed by atoms with Crippen LogP contribution in [0.5, 0.6) is 0 Å². The van der Waals surface area contributed by atoms with Crippen molar-refractivity contribution in [3.8, 4) is 0 Å². The third-order valence-corrected chi connectivity index (χ3v) is 1.93. The van der Waals surface area contributed by atoms with Crippen molar-refractivity contribution in [2.45, 2.75) is 19.0 Å². The number of carboxylic acids is 1. The molecule has 14 heavy (non-hydrogen) atoms. The van der Waals surface area contributed by atoms with E-state index >= 15 is 0 Å². The molecule has 0 aliphatic carbocycles. The fourth-order valence-corrected chi connectivity index (χ4v) is 1.30. The minimum Gasteiger partial charge on any atom is -0.481 e. The van der Waals surface area contributed by atoms with Gasteiger partial charge in [0.25, 0.3) is 0 Å². The molecule has 0 aliphatic heterocycles. The summed E-state index contributed by atoms with van der Waals surface area (Å²) in [7, 11) is 0. The second-order valence-electron chi connectivity index (χ2n) is 3.05. The Morgan fingerprint density at radius 1 is 1.50 bits per heavy atom. The normalized spacial score (nSPS) is 14.8. The molecule has 2 unspecified atom stereocenters. The number of carboxylic acid groups (broad SMARTS) is 1. The summed E-state index contributed by atoms with van der Waals surface area (Å²) in [5.41, 5.74) is 0.146. The topological polar surface area (TPSA) is 37.3 Å². The van der Waals surface area contributed by atoms with E-state index in [1.807, 2.05) is 0 Å². The molecule has 0 heterocycles. The molecule has 1 aromatic carbocycles. The molecular weight excluding hydrogens is 190 g/mol. The van der Waals surface area contributed by atoms with Crippen LogP contribution in [0.4, 0.5) is 8.78 Å². The zero-order chi connectivity index (χ0) is 10.7. The lowest BCUT2D eigenvalue weighted by atomic mass is 9.95. The van der Waals surface area contributed by atoms with E-state index in [1.54, 1.807) is 0 Å². The molecule has 0 aromatic heterocycles. The SMILES string of the molecule is CC(F)C(C(=O)O)c1cccc(F)c1. The summed E-state index contributed by atoms with van der Waals surface area (Å²) in [6, 6.07) is 4.99. The predicted molar refractivity (Wildman–Crippen MR) is 47.3 cm³/mol. The Balaban J connectivity index is 3.05. The van der Waals surface area contributed by atoms with Crippen LogP contribution in [0.15, 0.2) is 24.3 Å². The van der Waals surface area contributed by atoms with Gasteiger partial charge in [0.1, 0.15) is 17.9 Å². The minimum atomic E-state index is -1.55. The molecule has 76 valence electrons. The first-order valence-electron chi connectivity index (χ1n) is 4.14. The number of alkyl halides is 1. The molecule has 4 heteroatoms. The van der Waals surface area contributed by atoms with E-state index in [0.29, 0.717) is 0 Å². The van der Waals surface area contributed by atoms with Gasteiger partial charge in [-0.15, -0.1) is 0 Å². The molecule has 1 N–H and O–H groups in total. The molecule has 2 atom stereocenters. The number of aliphatic carboxylic acids is 1. The third-order valence-electron chi connectivity index (χ3n) is 1.93. The molecule has 0 saturated carbocycles. The van der Waals surface area contributed by atoms with Crippen LogP contribution in [0.2, 0.25) is 0 Å². The van der Waals surface area contributed by atoms with Crippen LogP contribution in [0.3, 0.4) is 0 Å². The van der Waals surface area contributed by atoms with Crippen molar-refractivity contribution in [3.05, 3.63) is 35.6 Å². The highest BCUT2D eigenvalue weighted by atomic mass is 19.1. The number of rotatable bonds is 3. The number of hydrogen-bond donors (Lipinski definition) is 1. The van der Waals surface area contributed by atoms with E-state index in [4.69, 9.17) is 5.11 Å². The second-order valence-corrected chi connectivity index (χ2v) is 3.05. The third kappa shape index (κ3) is 2.28. The zero-order valence-corrected chi connectivity index (χ0v) is 7.58. The lowest BCUT2D eigenvalue weighted by molar-refractivity contribution is -0.140. The van der Waals surface area contributed by atoms with Crippen molar-refractivity contribution in [3.63, 3.8) is 0 Å². The fourth-order valence-electron chi connectivity index (χ4n) is 1.30. The van der Waals surface area contributed by atoms with E-state index < -0.39 is 23.9 Å². The van der Waals surface area contributed by atoms with E-state index in [0.717, 1.165) is 13.0 Å². The molecule has 0 bridgehead atoms. The summed E-state index contributed by atoms with van der Waals surface area (Å²) in [4.78, 5) is 10.7. The molecule has 0 spiro atoms. The maximum atomic E-state index is 12.9. The Labute approximate surface area is 80.2 Å². The molecule has 0 aliphatic rings. The first-order chi connectivity index (χ1) is 6.52. The average molecular weight is 200 g/mol. The smallest absolute Gasteiger partial charge is 0.313 e. The summed E-state index contributed by atoms with van der Waals surface area (Å²) in [6.45, 7) is 1.14. The number of carbonyl (C=O) groups is 1.